The first-order valence-corrected chi connectivity index (χ1v) is 4.09. The van der Waals surface area contributed by atoms with Crippen LogP contribution in [0.1, 0.15) is 34.6 Å². The van der Waals surface area contributed by atoms with E-state index in [4.69, 9.17) is 5.41 Å². The Hall–Kier alpha value is -0.530. The highest BCUT2D eigenvalue weighted by Crippen LogP contribution is 2.13. The second kappa shape index (κ2) is 3.24. The van der Waals surface area contributed by atoms with Gasteiger partial charge in [-0.2, -0.15) is 0 Å². The van der Waals surface area contributed by atoms with E-state index in [-0.39, 0.29) is 5.54 Å². The Morgan fingerprint density at radius 3 is 1.73 bits per heavy atom. The molecule has 0 fully saturated rings. The van der Waals surface area contributed by atoms with Gasteiger partial charge in [0.1, 0.15) is 0 Å². The monoisotopic (exact) mass is 156 g/mol. The molecule has 0 rings (SSSR count). The van der Waals surface area contributed by atoms with Crippen LogP contribution in [0.4, 0.5) is 0 Å². The molecule has 0 saturated heterocycles. The Bertz CT molecular complexity index is 142. The number of nitrogens with zero attached hydrogens (tertiary/aromatic N) is 1. The molecule has 0 amide bonds. The van der Waals surface area contributed by atoms with Gasteiger partial charge in [0.2, 0.25) is 0 Å². The Kier molecular flexibility index (Phi) is 3.09. The molecule has 0 aliphatic rings. The zero-order valence-corrected chi connectivity index (χ0v) is 8.52. The van der Waals surface area contributed by atoms with Crippen LogP contribution in [-0.2, 0) is 0 Å². The van der Waals surface area contributed by atoms with Gasteiger partial charge in [0.15, 0.2) is 0 Å². The van der Waals surface area contributed by atoms with Crippen molar-refractivity contribution in [1.29, 1.82) is 5.41 Å². The molecule has 0 aromatic rings. The van der Waals surface area contributed by atoms with E-state index >= 15 is 0 Å². The van der Waals surface area contributed by atoms with Crippen LogP contribution in [0.25, 0.3) is 0 Å². The number of rotatable bonds is 1. The Labute approximate surface area is 70.1 Å². The van der Waals surface area contributed by atoms with E-state index in [2.05, 4.69) is 20.8 Å². The van der Waals surface area contributed by atoms with Crippen molar-refractivity contribution in [3.63, 3.8) is 0 Å². The normalized spacial score (nSPS) is 11.9. The maximum Gasteiger partial charge on any atom is 0.0985 e. The summed E-state index contributed by atoms with van der Waals surface area (Å²) in [5.74, 6) is 1.02. The number of hydrogen-bond donors (Lipinski definition) is 1. The lowest BCUT2D eigenvalue weighted by molar-refractivity contribution is 0.269. The third-order valence-corrected chi connectivity index (χ3v) is 1.91. The summed E-state index contributed by atoms with van der Waals surface area (Å²) in [6, 6.07) is 0. The van der Waals surface area contributed by atoms with E-state index in [1.807, 2.05) is 25.8 Å². The first kappa shape index (κ1) is 10.5. The molecule has 0 radical (unpaired) electrons. The van der Waals surface area contributed by atoms with Crippen molar-refractivity contribution < 1.29 is 0 Å². The van der Waals surface area contributed by atoms with Crippen LogP contribution >= 0.6 is 0 Å². The van der Waals surface area contributed by atoms with Crippen molar-refractivity contribution in [3.8, 4) is 0 Å². The van der Waals surface area contributed by atoms with Gasteiger partial charge in [-0.3, -0.25) is 5.41 Å². The largest absolute Gasteiger partial charge is 0.359 e. The fourth-order valence-corrected chi connectivity index (χ4v) is 0.749. The van der Waals surface area contributed by atoms with Crippen LogP contribution < -0.4 is 0 Å². The number of amidine groups is 1. The van der Waals surface area contributed by atoms with E-state index in [9.17, 15) is 0 Å². The third-order valence-electron chi connectivity index (χ3n) is 1.91. The zero-order chi connectivity index (χ0) is 9.23. The minimum absolute atomic E-state index is 0.0708. The molecule has 0 aromatic heterocycles. The zero-order valence-electron chi connectivity index (χ0n) is 8.52. The van der Waals surface area contributed by atoms with E-state index in [0.29, 0.717) is 11.8 Å². The lowest BCUT2D eigenvalue weighted by Crippen LogP contribution is -2.44. The predicted molar refractivity (Wildman–Crippen MR) is 50.1 cm³/mol. The standard InChI is InChI=1S/C9H20N2/c1-7(2)8(10)11(6)9(3,4)5/h7,10H,1-6H3. The SMILES string of the molecule is CC(C)C(=N)N(C)C(C)(C)C. The van der Waals surface area contributed by atoms with Gasteiger partial charge in [0.25, 0.3) is 0 Å². The molecular weight excluding hydrogens is 136 g/mol. The van der Waals surface area contributed by atoms with Crippen molar-refractivity contribution in [2.75, 3.05) is 7.05 Å². The highest BCUT2D eigenvalue weighted by molar-refractivity contribution is 5.81. The van der Waals surface area contributed by atoms with Crippen molar-refractivity contribution in [2.24, 2.45) is 5.92 Å². The van der Waals surface area contributed by atoms with Crippen molar-refractivity contribution >= 4 is 5.84 Å². The Morgan fingerprint density at radius 1 is 1.27 bits per heavy atom. The molecule has 0 bridgehead atoms. The van der Waals surface area contributed by atoms with E-state index in [0.717, 1.165) is 0 Å². The molecular formula is C9H20N2. The van der Waals surface area contributed by atoms with Crippen molar-refractivity contribution in [1.82, 2.24) is 4.90 Å². The van der Waals surface area contributed by atoms with Gasteiger partial charge < -0.3 is 4.90 Å². The second-order valence-electron chi connectivity index (χ2n) is 4.27. The van der Waals surface area contributed by atoms with Crippen LogP contribution in [0.3, 0.4) is 0 Å². The van der Waals surface area contributed by atoms with Crippen LogP contribution in [-0.4, -0.2) is 23.3 Å². The fraction of sp³-hybridized carbons (Fsp3) is 0.889. The minimum Gasteiger partial charge on any atom is -0.359 e. The Morgan fingerprint density at radius 2 is 1.64 bits per heavy atom. The first-order valence-electron chi connectivity index (χ1n) is 4.09. The number of hydrogen-bond acceptors (Lipinski definition) is 1. The summed E-state index contributed by atoms with van der Waals surface area (Å²) in [5.41, 5.74) is 0.0708. The van der Waals surface area contributed by atoms with Crippen LogP contribution in [0, 0.1) is 11.3 Å². The van der Waals surface area contributed by atoms with Gasteiger partial charge in [0.05, 0.1) is 5.84 Å². The molecule has 0 atom stereocenters. The summed E-state index contributed by atoms with van der Waals surface area (Å²) >= 11 is 0. The third kappa shape index (κ3) is 2.91. The maximum atomic E-state index is 7.73. The van der Waals surface area contributed by atoms with Gasteiger partial charge >= 0.3 is 0 Å². The summed E-state index contributed by atoms with van der Waals surface area (Å²) in [5, 5.41) is 7.73. The minimum atomic E-state index is 0.0708. The highest BCUT2D eigenvalue weighted by Gasteiger charge is 2.20. The maximum absolute atomic E-state index is 7.73. The van der Waals surface area contributed by atoms with Gasteiger partial charge in [-0.15, -0.1) is 0 Å². The summed E-state index contributed by atoms with van der Waals surface area (Å²) in [4.78, 5) is 2.01. The molecule has 0 aliphatic carbocycles. The summed E-state index contributed by atoms with van der Waals surface area (Å²) < 4.78 is 0. The van der Waals surface area contributed by atoms with Gasteiger partial charge in [0, 0.05) is 18.5 Å². The lowest BCUT2D eigenvalue weighted by Gasteiger charge is -2.35. The summed E-state index contributed by atoms with van der Waals surface area (Å²) in [6.45, 7) is 10.4. The molecule has 0 heterocycles. The first-order chi connectivity index (χ1) is 4.76. The van der Waals surface area contributed by atoms with Crippen LogP contribution in [0.15, 0.2) is 0 Å². The molecule has 0 aliphatic heterocycles. The molecule has 2 heteroatoms. The van der Waals surface area contributed by atoms with Gasteiger partial charge in [-0.1, -0.05) is 13.8 Å². The van der Waals surface area contributed by atoms with Crippen LogP contribution in [0.2, 0.25) is 0 Å². The molecule has 66 valence electrons. The predicted octanol–water partition coefficient (Wildman–Crippen LogP) is 2.35. The van der Waals surface area contributed by atoms with E-state index in [1.165, 1.54) is 0 Å². The average Bonchev–Trinajstić information content (AvgIpc) is 1.82. The van der Waals surface area contributed by atoms with Crippen LogP contribution in [0.5, 0.6) is 0 Å². The highest BCUT2D eigenvalue weighted by atomic mass is 15.2. The molecule has 11 heavy (non-hydrogen) atoms. The van der Waals surface area contributed by atoms with Crippen molar-refractivity contribution in [3.05, 3.63) is 0 Å². The van der Waals surface area contributed by atoms with Gasteiger partial charge in [-0.05, 0) is 20.8 Å². The van der Waals surface area contributed by atoms with E-state index in [1.54, 1.807) is 0 Å². The summed E-state index contributed by atoms with van der Waals surface area (Å²) in [7, 11) is 1.97. The second-order valence-corrected chi connectivity index (χ2v) is 4.27. The smallest absolute Gasteiger partial charge is 0.0985 e. The van der Waals surface area contributed by atoms with Gasteiger partial charge in [-0.25, -0.2) is 0 Å². The molecule has 0 aromatic carbocycles. The number of nitrogens with one attached hydrogen (secondary N) is 1. The molecule has 1 N–H and O–H groups in total. The lowest BCUT2D eigenvalue weighted by atomic mass is 10.0. The average molecular weight is 156 g/mol. The summed E-state index contributed by atoms with van der Waals surface area (Å²) in [6.07, 6.45) is 0. The fourth-order valence-electron chi connectivity index (χ4n) is 0.749. The van der Waals surface area contributed by atoms with E-state index < -0.39 is 0 Å². The molecule has 0 saturated carbocycles. The van der Waals surface area contributed by atoms with Crippen molar-refractivity contribution in [2.45, 2.75) is 40.2 Å². The Balaban J connectivity index is 4.26. The topological polar surface area (TPSA) is 27.1 Å². The quantitative estimate of drug-likeness (QED) is 0.458. The molecule has 0 spiro atoms. The molecule has 2 nitrogen and oxygen atoms in total. The molecule has 0 unspecified atom stereocenters.